The topological polar surface area (TPSA) is 102 Å². The molecule has 1 atom stereocenters. The molecule has 0 aromatic heterocycles. The molecule has 0 unspecified atom stereocenters. The van der Waals surface area contributed by atoms with E-state index in [1.807, 2.05) is 13.8 Å². The van der Waals surface area contributed by atoms with Gasteiger partial charge in [0.2, 0.25) is 0 Å². The summed E-state index contributed by atoms with van der Waals surface area (Å²) in [5.74, 6) is -1.52. The first kappa shape index (κ1) is 29.4. The lowest BCUT2D eigenvalue weighted by atomic mass is 9.71. The van der Waals surface area contributed by atoms with Crippen molar-refractivity contribution in [3.8, 4) is 0 Å². The number of allylic oxidation sites excluding steroid dienone is 2. The highest BCUT2D eigenvalue weighted by Gasteiger charge is 2.33. The van der Waals surface area contributed by atoms with Gasteiger partial charge >= 0.3 is 11.9 Å². The normalized spacial score (nSPS) is 17.2. The Morgan fingerprint density at radius 1 is 1.17 bits per heavy atom. The van der Waals surface area contributed by atoms with Crippen molar-refractivity contribution in [2.75, 3.05) is 26.9 Å². The first-order chi connectivity index (χ1) is 17.2. The first-order valence-corrected chi connectivity index (χ1v) is 12.9. The van der Waals surface area contributed by atoms with Gasteiger partial charge in [0.05, 0.1) is 17.7 Å². The predicted octanol–water partition coefficient (Wildman–Crippen LogP) is 5.92. The zero-order chi connectivity index (χ0) is 26.7. The van der Waals surface area contributed by atoms with Gasteiger partial charge < -0.3 is 14.6 Å². The fourth-order valence-corrected chi connectivity index (χ4v) is 4.90. The van der Waals surface area contributed by atoms with Gasteiger partial charge in [0, 0.05) is 31.5 Å². The summed E-state index contributed by atoms with van der Waals surface area (Å²) in [7, 11) is 1.74. The number of carboxylic acids is 1. The number of benzene rings is 1. The average molecular weight is 500 g/mol. The fourth-order valence-electron chi connectivity index (χ4n) is 4.90. The molecule has 2 rings (SSSR count). The molecule has 0 aliphatic carbocycles. The summed E-state index contributed by atoms with van der Waals surface area (Å²) >= 11 is 0. The minimum absolute atomic E-state index is 0.0446. The summed E-state index contributed by atoms with van der Waals surface area (Å²) in [6, 6.07) is 5.84. The van der Waals surface area contributed by atoms with Gasteiger partial charge in [0.25, 0.3) is 0 Å². The maximum atomic E-state index is 12.8. The second-order valence-electron chi connectivity index (χ2n) is 9.83. The molecule has 0 radical (unpaired) electrons. The molecule has 0 amide bonds. The molecular weight excluding hydrogens is 458 g/mol. The molecule has 7 nitrogen and oxygen atoms in total. The van der Waals surface area contributed by atoms with Crippen LogP contribution in [-0.2, 0) is 14.3 Å². The Morgan fingerprint density at radius 2 is 1.83 bits per heavy atom. The Kier molecular flexibility index (Phi) is 11.5. The van der Waals surface area contributed by atoms with Crippen LogP contribution >= 0.6 is 0 Å². The van der Waals surface area contributed by atoms with Crippen molar-refractivity contribution in [2.45, 2.75) is 72.6 Å². The zero-order valence-corrected chi connectivity index (χ0v) is 22.4. The number of carbonyl (C=O) groups excluding carboxylic acids is 2. The Labute approximate surface area is 215 Å². The van der Waals surface area contributed by atoms with Gasteiger partial charge in [-0.3, -0.25) is 9.79 Å². The van der Waals surface area contributed by atoms with Gasteiger partial charge in [-0.2, -0.15) is 0 Å². The number of nitrogens with zero attached hydrogens (tertiary/aromatic N) is 1. The van der Waals surface area contributed by atoms with Crippen LogP contribution in [0.15, 0.2) is 40.4 Å². The van der Waals surface area contributed by atoms with Gasteiger partial charge in [0.15, 0.2) is 5.78 Å². The zero-order valence-electron chi connectivity index (χ0n) is 22.4. The predicted molar refractivity (Wildman–Crippen MR) is 141 cm³/mol. The van der Waals surface area contributed by atoms with Crippen molar-refractivity contribution in [2.24, 2.45) is 16.3 Å². The first-order valence-electron chi connectivity index (χ1n) is 12.9. The molecule has 7 heteroatoms. The number of aliphatic imine (C=N–C) groups is 1. The molecule has 1 saturated heterocycles. The highest BCUT2D eigenvalue weighted by Crippen LogP contribution is 2.42. The molecule has 1 heterocycles. The highest BCUT2D eigenvalue weighted by atomic mass is 16.5. The fraction of sp³-hybridized carbons (Fsp3) is 0.586. The quantitative estimate of drug-likeness (QED) is 0.205. The number of carboxylic acid groups (broad SMARTS) is 1. The van der Waals surface area contributed by atoms with Crippen molar-refractivity contribution in [1.29, 1.82) is 0 Å². The van der Waals surface area contributed by atoms with Crippen molar-refractivity contribution in [1.82, 2.24) is 0 Å². The van der Waals surface area contributed by atoms with Gasteiger partial charge in [-0.15, -0.1) is 0 Å². The van der Waals surface area contributed by atoms with E-state index in [4.69, 9.17) is 14.6 Å². The van der Waals surface area contributed by atoms with Crippen LogP contribution in [0.5, 0.6) is 0 Å². The highest BCUT2D eigenvalue weighted by molar-refractivity contribution is 6.22. The van der Waals surface area contributed by atoms with Crippen LogP contribution in [0.25, 0.3) is 0 Å². The van der Waals surface area contributed by atoms with E-state index in [-0.39, 0.29) is 34.8 Å². The minimum atomic E-state index is -1.09. The maximum Gasteiger partial charge on any atom is 0.338 e. The molecule has 1 N–H and O–H groups in total. The average Bonchev–Trinajstić information content (AvgIpc) is 2.88. The molecular formula is C29H41NO6. The lowest BCUT2D eigenvalue weighted by Gasteiger charge is -2.38. The number of esters is 1. The minimum Gasteiger partial charge on any atom is -0.478 e. The number of carbonyl (C=O) groups is 3. The SMILES string of the molecule is CCC(=NC)/C(C(C)=O)=C(\CC[C@@H](C)COC(=O)c1cccc(C(=O)O)c1)CC1(CC)CCOCC1. The van der Waals surface area contributed by atoms with Crippen LogP contribution in [0, 0.1) is 11.3 Å². The number of aromatic carboxylic acids is 1. The van der Waals surface area contributed by atoms with Crippen LogP contribution < -0.4 is 0 Å². The van der Waals surface area contributed by atoms with E-state index < -0.39 is 11.9 Å². The number of Topliss-reactive ketones (excluding diaryl/α,β-unsaturated/α-hetero) is 1. The van der Waals surface area contributed by atoms with Gasteiger partial charge in [-0.05, 0) is 81.4 Å². The monoisotopic (exact) mass is 499 g/mol. The molecule has 1 aromatic rings. The lowest BCUT2D eigenvalue weighted by Crippen LogP contribution is -2.30. The van der Waals surface area contributed by atoms with E-state index in [0.29, 0.717) is 6.42 Å². The third-order valence-corrected chi connectivity index (χ3v) is 7.27. The van der Waals surface area contributed by atoms with Gasteiger partial charge in [-0.1, -0.05) is 32.4 Å². The van der Waals surface area contributed by atoms with Crippen LogP contribution in [0.4, 0.5) is 0 Å². The van der Waals surface area contributed by atoms with E-state index in [1.165, 1.54) is 18.2 Å². The summed E-state index contributed by atoms with van der Waals surface area (Å²) in [6.07, 6.45) is 6.00. The van der Waals surface area contributed by atoms with E-state index in [9.17, 15) is 14.4 Å². The molecule has 36 heavy (non-hydrogen) atoms. The Hall–Kier alpha value is -2.80. The third-order valence-electron chi connectivity index (χ3n) is 7.27. The lowest BCUT2D eigenvalue weighted by molar-refractivity contribution is -0.113. The Bertz CT molecular complexity index is 987. The molecule has 198 valence electrons. The van der Waals surface area contributed by atoms with Crippen LogP contribution in [0.2, 0.25) is 0 Å². The van der Waals surface area contributed by atoms with E-state index >= 15 is 0 Å². The maximum absolute atomic E-state index is 12.8. The van der Waals surface area contributed by atoms with Crippen molar-refractivity contribution >= 4 is 23.4 Å². The Morgan fingerprint density at radius 3 is 2.39 bits per heavy atom. The molecule has 1 fully saturated rings. The van der Waals surface area contributed by atoms with Gasteiger partial charge in [0.1, 0.15) is 0 Å². The summed E-state index contributed by atoms with van der Waals surface area (Å²) in [5.41, 5.74) is 3.12. The van der Waals surface area contributed by atoms with E-state index in [0.717, 1.165) is 68.6 Å². The number of hydrogen-bond acceptors (Lipinski definition) is 6. The van der Waals surface area contributed by atoms with Crippen LogP contribution in [0.3, 0.4) is 0 Å². The third kappa shape index (κ3) is 8.12. The summed E-state index contributed by atoms with van der Waals surface area (Å²) < 4.78 is 11.1. The summed E-state index contributed by atoms with van der Waals surface area (Å²) in [6.45, 7) is 9.58. The number of hydrogen-bond donors (Lipinski definition) is 1. The molecule has 1 aliphatic heterocycles. The smallest absolute Gasteiger partial charge is 0.338 e. The second-order valence-corrected chi connectivity index (χ2v) is 9.83. The summed E-state index contributed by atoms with van der Waals surface area (Å²) in [4.78, 5) is 40.9. The van der Waals surface area contributed by atoms with Crippen molar-refractivity contribution < 1.29 is 29.0 Å². The molecule has 0 spiro atoms. The number of ketones is 1. The van der Waals surface area contributed by atoms with Crippen LogP contribution in [-0.4, -0.2) is 55.4 Å². The molecule has 0 saturated carbocycles. The number of ether oxygens (including phenoxy) is 2. The largest absolute Gasteiger partial charge is 0.478 e. The second kappa shape index (κ2) is 14.1. The van der Waals surface area contributed by atoms with Crippen LogP contribution in [0.1, 0.15) is 93.4 Å². The molecule has 1 aliphatic rings. The van der Waals surface area contributed by atoms with E-state index in [1.54, 1.807) is 20.0 Å². The summed E-state index contributed by atoms with van der Waals surface area (Å²) in [5, 5.41) is 9.15. The molecule has 0 bridgehead atoms. The number of rotatable bonds is 13. The molecule has 1 aromatic carbocycles. The standard InChI is InChI=1S/C29H41NO6/c1-6-25(30-5)26(21(4)31)24(18-29(7-2)13-15-35-16-14-29)12-11-20(3)19-36-28(34)23-10-8-9-22(17-23)27(32)33/h8-10,17,20H,6-7,11-16,18-19H2,1-5H3,(H,32,33)/b26-24+,30-25?/t20-/m1/s1. The Balaban J connectivity index is 2.16. The van der Waals surface area contributed by atoms with E-state index in [2.05, 4.69) is 11.9 Å². The van der Waals surface area contributed by atoms with Crippen molar-refractivity contribution in [3.05, 3.63) is 46.5 Å². The van der Waals surface area contributed by atoms with Gasteiger partial charge in [-0.25, -0.2) is 9.59 Å². The van der Waals surface area contributed by atoms with Crippen molar-refractivity contribution in [3.63, 3.8) is 0 Å².